The topological polar surface area (TPSA) is 118 Å². The van der Waals surface area contributed by atoms with Crippen LogP contribution in [0.5, 0.6) is 11.5 Å². The number of rotatable bonds is 10. The van der Waals surface area contributed by atoms with Crippen molar-refractivity contribution >= 4 is 44.8 Å². The molecule has 0 saturated heterocycles. The van der Waals surface area contributed by atoms with E-state index in [2.05, 4.69) is 9.62 Å². The number of nitrogens with one attached hydrogen (secondary N) is 1. The Bertz CT molecular complexity index is 1660. The molecule has 2 N–H and O–H groups in total. The lowest BCUT2D eigenvalue weighted by atomic mass is 10.0. The first kappa shape index (κ1) is 38.7. The molecule has 13 heteroatoms. The highest BCUT2D eigenvalue weighted by molar-refractivity contribution is 7.92. The van der Waals surface area contributed by atoms with Crippen LogP contribution < -0.4 is 14.2 Å². The summed E-state index contributed by atoms with van der Waals surface area (Å²) < 4.78 is 47.0. The van der Waals surface area contributed by atoms with Gasteiger partial charge >= 0.3 is 0 Å². The van der Waals surface area contributed by atoms with Crippen LogP contribution in [0.15, 0.2) is 65.6 Å². The van der Waals surface area contributed by atoms with Gasteiger partial charge in [0.2, 0.25) is 0 Å². The lowest BCUT2D eigenvalue weighted by molar-refractivity contribution is -0.0177. The number of halogens is 2. The number of aliphatic hydroxyl groups excluding tert-OH is 1. The number of fused-ring (bicyclic) bond motifs is 1. The number of likely N-dealkylation sites (N-methyl/N-ethyl adjacent to an activating group) is 1. The molecule has 0 saturated carbocycles. The maximum absolute atomic E-state index is 14.4. The first-order valence-electron chi connectivity index (χ1n) is 16.4. The van der Waals surface area contributed by atoms with Crippen molar-refractivity contribution in [2.24, 2.45) is 5.92 Å². The van der Waals surface area contributed by atoms with Gasteiger partial charge in [-0.05, 0) is 100 Å². The molecule has 1 heterocycles. The van der Waals surface area contributed by atoms with Crippen LogP contribution in [-0.4, -0.2) is 87.9 Å². The predicted molar refractivity (Wildman–Crippen MR) is 193 cm³/mol. The van der Waals surface area contributed by atoms with Gasteiger partial charge in [-0.2, -0.15) is 0 Å². The quantitative estimate of drug-likeness (QED) is 0.236. The van der Waals surface area contributed by atoms with Crippen molar-refractivity contribution in [3.8, 4) is 11.5 Å². The van der Waals surface area contributed by atoms with E-state index in [1.807, 2.05) is 33.0 Å². The summed E-state index contributed by atoms with van der Waals surface area (Å²) in [4.78, 5) is 18.2. The summed E-state index contributed by atoms with van der Waals surface area (Å²) in [5.41, 5.74) is 1.41. The molecule has 0 spiro atoms. The second-order valence-electron chi connectivity index (χ2n) is 12.7. The van der Waals surface area contributed by atoms with Crippen LogP contribution in [0.4, 0.5) is 5.69 Å². The normalized spacial score (nSPS) is 20.2. The number of amides is 1. The summed E-state index contributed by atoms with van der Waals surface area (Å²) in [6.07, 6.45) is 1.98. The summed E-state index contributed by atoms with van der Waals surface area (Å²) in [7, 11) is -0.467. The third-order valence-electron chi connectivity index (χ3n) is 8.60. The molecule has 1 aliphatic heterocycles. The minimum absolute atomic E-state index is 0.0455. The second kappa shape index (κ2) is 17.7. The molecule has 10 nitrogen and oxygen atoms in total. The van der Waals surface area contributed by atoms with Gasteiger partial charge in [-0.1, -0.05) is 36.2 Å². The summed E-state index contributed by atoms with van der Waals surface area (Å²) in [5.74, 6) is 0.359. The molecule has 1 amide bonds. The highest BCUT2D eigenvalue weighted by atomic mass is 35.5. The molecule has 0 bridgehead atoms. The van der Waals surface area contributed by atoms with E-state index in [1.54, 1.807) is 42.2 Å². The van der Waals surface area contributed by atoms with Crippen LogP contribution in [0.2, 0.25) is 10.0 Å². The number of hydrogen-bond acceptors (Lipinski definition) is 8. The zero-order valence-electron chi connectivity index (χ0n) is 28.7. The van der Waals surface area contributed by atoms with Gasteiger partial charge in [0.05, 0.1) is 52.5 Å². The van der Waals surface area contributed by atoms with Gasteiger partial charge in [-0.15, -0.1) is 0 Å². The van der Waals surface area contributed by atoms with E-state index in [0.717, 1.165) is 24.8 Å². The molecular formula is C36H47Cl2N3O7S. The Labute approximate surface area is 300 Å². The molecule has 268 valence electrons. The van der Waals surface area contributed by atoms with Crippen molar-refractivity contribution in [2.75, 3.05) is 45.2 Å². The van der Waals surface area contributed by atoms with E-state index in [4.69, 9.17) is 37.4 Å². The van der Waals surface area contributed by atoms with E-state index in [0.29, 0.717) is 41.2 Å². The molecular weight excluding hydrogens is 689 g/mol. The standard InChI is InChI=1S/C36H47Cl2N3O7S/c1-24-20-41(25(2)23-42)36(43)31-19-28(39-49(44,45)30-13-11-29(46-5)12-14-30)10-16-34(31)48-26(3)8-6-7-17-47-35(24)22-40(4)21-27-9-15-32(37)33(38)18-27/h9-16,18-19,24-26,35,39,42H,6-8,17,20-23H2,1-5H3/t24-,25-,26-,35+/m1/s1. The van der Waals surface area contributed by atoms with Gasteiger partial charge in [0, 0.05) is 37.8 Å². The molecule has 3 aromatic rings. The van der Waals surface area contributed by atoms with Crippen LogP contribution in [-0.2, 0) is 21.3 Å². The Morgan fingerprint density at radius 3 is 2.47 bits per heavy atom. The zero-order valence-corrected chi connectivity index (χ0v) is 31.0. The molecule has 3 aromatic carbocycles. The predicted octanol–water partition coefficient (Wildman–Crippen LogP) is 6.73. The molecule has 49 heavy (non-hydrogen) atoms. The van der Waals surface area contributed by atoms with Gasteiger partial charge in [0.1, 0.15) is 11.5 Å². The van der Waals surface area contributed by atoms with Crippen LogP contribution in [0, 0.1) is 5.92 Å². The molecule has 4 atom stereocenters. The summed E-state index contributed by atoms with van der Waals surface area (Å²) >= 11 is 12.4. The number of hydrogen-bond donors (Lipinski definition) is 2. The largest absolute Gasteiger partial charge is 0.497 e. The third-order valence-corrected chi connectivity index (χ3v) is 10.7. The van der Waals surface area contributed by atoms with Gasteiger partial charge in [0.15, 0.2) is 0 Å². The molecule has 0 radical (unpaired) electrons. The van der Waals surface area contributed by atoms with E-state index in [-0.39, 0.29) is 53.3 Å². The molecule has 0 aromatic heterocycles. The van der Waals surface area contributed by atoms with Crippen molar-refractivity contribution < 1.29 is 32.5 Å². The number of sulfonamides is 1. The number of carbonyl (C=O) groups is 1. The van der Waals surface area contributed by atoms with Crippen molar-refractivity contribution in [2.45, 2.75) is 69.7 Å². The van der Waals surface area contributed by atoms with Crippen LogP contribution in [0.3, 0.4) is 0 Å². The molecule has 4 rings (SSSR count). The fourth-order valence-corrected chi connectivity index (χ4v) is 7.11. The maximum Gasteiger partial charge on any atom is 0.261 e. The number of methoxy groups -OCH3 is 1. The van der Waals surface area contributed by atoms with Crippen LogP contribution in [0.1, 0.15) is 56.0 Å². The molecule has 0 aliphatic carbocycles. The average molecular weight is 737 g/mol. The van der Waals surface area contributed by atoms with Crippen molar-refractivity contribution in [3.05, 3.63) is 81.8 Å². The average Bonchev–Trinajstić information content (AvgIpc) is 3.07. The van der Waals surface area contributed by atoms with Crippen molar-refractivity contribution in [3.63, 3.8) is 0 Å². The summed E-state index contributed by atoms with van der Waals surface area (Å²) in [6.45, 7) is 7.53. The van der Waals surface area contributed by atoms with Crippen molar-refractivity contribution in [1.29, 1.82) is 0 Å². The first-order valence-corrected chi connectivity index (χ1v) is 18.7. The first-order chi connectivity index (χ1) is 23.3. The minimum Gasteiger partial charge on any atom is -0.497 e. The van der Waals surface area contributed by atoms with Gasteiger partial charge < -0.3 is 24.2 Å². The minimum atomic E-state index is -3.98. The third kappa shape index (κ3) is 10.7. The fraction of sp³-hybridized carbons (Fsp3) is 0.472. The number of benzene rings is 3. The van der Waals surface area contributed by atoms with Crippen LogP contribution >= 0.6 is 23.2 Å². The Morgan fingerprint density at radius 2 is 1.80 bits per heavy atom. The monoisotopic (exact) mass is 735 g/mol. The Kier molecular flexibility index (Phi) is 14.0. The molecule has 0 unspecified atom stereocenters. The SMILES string of the molecule is COc1ccc(S(=O)(=O)Nc2ccc3c(c2)C(=O)N([C@H](C)CO)C[C@@H](C)[C@H](CN(C)Cc2ccc(Cl)c(Cl)c2)OCCCC[C@@H](C)O3)cc1. The lowest BCUT2D eigenvalue weighted by Gasteiger charge is -2.36. The fourth-order valence-electron chi connectivity index (χ4n) is 5.74. The smallest absolute Gasteiger partial charge is 0.261 e. The van der Waals surface area contributed by atoms with E-state index in [9.17, 15) is 18.3 Å². The van der Waals surface area contributed by atoms with E-state index >= 15 is 0 Å². The highest BCUT2D eigenvalue weighted by Gasteiger charge is 2.31. The lowest BCUT2D eigenvalue weighted by Crippen LogP contribution is -2.47. The molecule has 0 fully saturated rings. The summed E-state index contributed by atoms with van der Waals surface area (Å²) in [6, 6.07) is 15.8. The number of aliphatic hydroxyl groups is 1. The van der Waals surface area contributed by atoms with Gasteiger partial charge in [0.25, 0.3) is 15.9 Å². The number of anilines is 1. The van der Waals surface area contributed by atoms with Gasteiger partial charge in [-0.3, -0.25) is 14.4 Å². The Balaban J connectivity index is 1.63. The second-order valence-corrected chi connectivity index (χ2v) is 15.2. The maximum atomic E-state index is 14.4. The zero-order chi connectivity index (χ0) is 35.7. The Hall–Kier alpha value is -3.06. The van der Waals surface area contributed by atoms with E-state index in [1.165, 1.54) is 25.3 Å². The van der Waals surface area contributed by atoms with E-state index < -0.39 is 16.1 Å². The molecule has 1 aliphatic rings. The highest BCUT2D eigenvalue weighted by Crippen LogP contribution is 2.30. The van der Waals surface area contributed by atoms with Crippen LogP contribution in [0.25, 0.3) is 0 Å². The Morgan fingerprint density at radius 1 is 1.06 bits per heavy atom. The van der Waals surface area contributed by atoms with Gasteiger partial charge in [-0.25, -0.2) is 8.42 Å². The number of nitrogens with zero attached hydrogens (tertiary/aromatic N) is 2. The van der Waals surface area contributed by atoms with Crippen molar-refractivity contribution in [1.82, 2.24) is 9.80 Å². The summed E-state index contributed by atoms with van der Waals surface area (Å²) in [5, 5.41) is 11.3. The number of carbonyl (C=O) groups excluding carboxylic acids is 1. The number of ether oxygens (including phenoxy) is 3.